The van der Waals surface area contributed by atoms with E-state index in [1.54, 1.807) is 0 Å². The van der Waals surface area contributed by atoms with E-state index >= 15 is 0 Å². The van der Waals surface area contributed by atoms with Crippen LogP contribution in [0.3, 0.4) is 0 Å². The molecule has 0 aliphatic heterocycles. The zero-order valence-electron chi connectivity index (χ0n) is 7.31. The Balaban J connectivity index is 0.000000810. The molecule has 0 amide bonds. The molecule has 1 aliphatic carbocycles. The van der Waals surface area contributed by atoms with Crippen molar-refractivity contribution in [2.45, 2.75) is 27.7 Å². The molecule has 2 atom stereocenters. The van der Waals surface area contributed by atoms with E-state index in [0.29, 0.717) is 5.41 Å². The molecule has 1 saturated carbocycles. The van der Waals surface area contributed by atoms with Crippen molar-refractivity contribution in [1.82, 2.24) is 0 Å². The first-order valence-electron chi connectivity index (χ1n) is 3.61. The van der Waals surface area contributed by atoms with Crippen LogP contribution in [0.5, 0.6) is 0 Å². The zero-order chi connectivity index (χ0) is 7.07. The van der Waals surface area contributed by atoms with Crippen LogP contribution in [0.15, 0.2) is 6.08 Å². The molecule has 0 nitrogen and oxygen atoms in total. The first kappa shape index (κ1) is 10.8. The Morgan fingerprint density at radius 1 is 1.40 bits per heavy atom. The molecule has 0 spiro atoms. The summed E-state index contributed by atoms with van der Waals surface area (Å²) in [6, 6.07) is 0. The fourth-order valence-electron chi connectivity index (χ4n) is 1.48. The van der Waals surface area contributed by atoms with Crippen LogP contribution < -0.4 is 0 Å². The van der Waals surface area contributed by atoms with Crippen LogP contribution in [-0.2, 0) is 32.7 Å². The number of hydrogen-bond donors (Lipinski definition) is 0. The SMILES string of the molecule is C[C-]=CC1C(C)C1(C)C.[Y]. The molecule has 0 heterocycles. The van der Waals surface area contributed by atoms with Crippen molar-refractivity contribution in [3.63, 3.8) is 0 Å². The Morgan fingerprint density at radius 3 is 1.90 bits per heavy atom. The summed E-state index contributed by atoms with van der Waals surface area (Å²) in [5.41, 5.74) is 0.559. The number of rotatable bonds is 1. The van der Waals surface area contributed by atoms with E-state index < -0.39 is 0 Å². The van der Waals surface area contributed by atoms with Gasteiger partial charge in [0.25, 0.3) is 0 Å². The third-order valence-corrected chi connectivity index (χ3v) is 2.81. The van der Waals surface area contributed by atoms with Gasteiger partial charge < -0.3 is 6.08 Å². The predicted molar refractivity (Wildman–Crippen MR) is 39.9 cm³/mol. The van der Waals surface area contributed by atoms with E-state index in [9.17, 15) is 0 Å². The summed E-state index contributed by atoms with van der Waals surface area (Å²) in [5, 5.41) is 0. The minimum absolute atomic E-state index is 0. The fourth-order valence-corrected chi connectivity index (χ4v) is 1.48. The van der Waals surface area contributed by atoms with Gasteiger partial charge in [-0.15, -0.1) is 0 Å². The van der Waals surface area contributed by atoms with Gasteiger partial charge in [0.2, 0.25) is 0 Å². The van der Waals surface area contributed by atoms with Gasteiger partial charge in [0, 0.05) is 32.7 Å². The topological polar surface area (TPSA) is 0 Å². The predicted octanol–water partition coefficient (Wildman–Crippen LogP) is 2.66. The van der Waals surface area contributed by atoms with Crippen molar-refractivity contribution < 1.29 is 32.7 Å². The van der Waals surface area contributed by atoms with Crippen LogP contribution in [0.1, 0.15) is 27.7 Å². The van der Waals surface area contributed by atoms with E-state index in [2.05, 4.69) is 32.9 Å². The van der Waals surface area contributed by atoms with Crippen LogP contribution in [0.4, 0.5) is 0 Å². The molecule has 1 fully saturated rings. The van der Waals surface area contributed by atoms with Crippen LogP contribution in [0, 0.1) is 23.3 Å². The number of allylic oxidation sites excluding steroid dienone is 2. The molecule has 10 heavy (non-hydrogen) atoms. The molecule has 0 aromatic carbocycles. The molecule has 1 rings (SSSR count). The Hall–Kier alpha value is 0.844. The van der Waals surface area contributed by atoms with Crippen molar-refractivity contribution in [3.05, 3.63) is 12.2 Å². The minimum atomic E-state index is 0. The molecule has 0 saturated heterocycles. The van der Waals surface area contributed by atoms with Crippen molar-refractivity contribution in [2.75, 3.05) is 0 Å². The molecule has 2 unspecified atom stereocenters. The maximum atomic E-state index is 3.09. The average molecular weight is 212 g/mol. The van der Waals surface area contributed by atoms with Crippen LogP contribution in [0.2, 0.25) is 0 Å². The second kappa shape index (κ2) is 3.49. The second-order valence-corrected chi connectivity index (χ2v) is 3.59. The molecule has 0 bridgehead atoms. The maximum Gasteiger partial charge on any atom is 0 e. The average Bonchev–Trinajstić information content (AvgIpc) is 2.19. The largest absolute Gasteiger partial charge is 0.503 e. The summed E-state index contributed by atoms with van der Waals surface area (Å²) >= 11 is 0. The van der Waals surface area contributed by atoms with E-state index in [-0.39, 0.29) is 32.7 Å². The van der Waals surface area contributed by atoms with Gasteiger partial charge in [-0.1, -0.05) is 20.8 Å². The molecular weight excluding hydrogens is 197 g/mol. The summed E-state index contributed by atoms with van der Waals surface area (Å²) in [5.74, 6) is 1.66. The standard InChI is InChI=1S/C9H15.Y/c1-5-6-8-7(2)9(8,3)4;/h6-8H,1-4H3;/q-1;. The van der Waals surface area contributed by atoms with Crippen molar-refractivity contribution in [1.29, 1.82) is 0 Å². The number of hydrogen-bond acceptors (Lipinski definition) is 0. The second-order valence-electron chi connectivity index (χ2n) is 3.59. The van der Waals surface area contributed by atoms with Crippen LogP contribution in [0.25, 0.3) is 0 Å². The van der Waals surface area contributed by atoms with Crippen LogP contribution in [-0.4, -0.2) is 0 Å². The summed E-state index contributed by atoms with van der Waals surface area (Å²) in [6.45, 7) is 8.91. The maximum absolute atomic E-state index is 3.09. The minimum Gasteiger partial charge on any atom is -0.503 e. The molecular formula is C9H15Y-. The van der Waals surface area contributed by atoms with Gasteiger partial charge in [0.15, 0.2) is 0 Å². The summed E-state index contributed by atoms with van der Waals surface area (Å²) in [4.78, 5) is 0. The van der Waals surface area contributed by atoms with Gasteiger partial charge in [-0.2, -0.15) is 6.92 Å². The summed E-state index contributed by atoms with van der Waals surface area (Å²) < 4.78 is 0. The van der Waals surface area contributed by atoms with Gasteiger partial charge in [-0.05, 0) is 17.3 Å². The molecule has 0 aromatic heterocycles. The van der Waals surface area contributed by atoms with E-state index in [1.165, 1.54) is 0 Å². The summed E-state index contributed by atoms with van der Waals surface area (Å²) in [7, 11) is 0. The molecule has 0 aromatic rings. The van der Waals surface area contributed by atoms with Gasteiger partial charge in [-0.25, -0.2) is 0 Å². The third kappa shape index (κ3) is 1.71. The van der Waals surface area contributed by atoms with E-state index in [1.807, 2.05) is 6.92 Å². The van der Waals surface area contributed by atoms with Gasteiger partial charge in [0.1, 0.15) is 0 Å². The van der Waals surface area contributed by atoms with E-state index in [0.717, 1.165) is 11.8 Å². The smallest absolute Gasteiger partial charge is 0 e. The van der Waals surface area contributed by atoms with Gasteiger partial charge >= 0.3 is 0 Å². The van der Waals surface area contributed by atoms with Crippen molar-refractivity contribution in [3.8, 4) is 0 Å². The first-order valence-corrected chi connectivity index (χ1v) is 3.61. The Morgan fingerprint density at radius 2 is 1.80 bits per heavy atom. The molecule has 55 valence electrons. The fraction of sp³-hybridized carbons (Fsp3) is 0.778. The normalized spacial score (nSPS) is 35.6. The summed E-state index contributed by atoms with van der Waals surface area (Å²) in [6.07, 6.45) is 5.29. The first-order chi connectivity index (χ1) is 4.10. The Labute approximate surface area is 89.3 Å². The quantitative estimate of drug-likeness (QED) is 0.586. The van der Waals surface area contributed by atoms with Gasteiger partial charge in [-0.3, -0.25) is 6.08 Å². The van der Waals surface area contributed by atoms with Crippen LogP contribution >= 0.6 is 0 Å². The van der Waals surface area contributed by atoms with Crippen molar-refractivity contribution >= 4 is 0 Å². The molecule has 1 heteroatoms. The van der Waals surface area contributed by atoms with Gasteiger partial charge in [0.05, 0.1) is 0 Å². The Kier molecular flexibility index (Phi) is 3.79. The molecule has 1 radical (unpaired) electrons. The Bertz CT molecular complexity index is 136. The zero-order valence-corrected chi connectivity index (χ0v) is 10.1. The third-order valence-electron chi connectivity index (χ3n) is 2.81. The molecule has 0 N–H and O–H groups in total. The molecule has 1 aliphatic rings. The van der Waals surface area contributed by atoms with Crippen molar-refractivity contribution in [2.24, 2.45) is 17.3 Å². The monoisotopic (exact) mass is 212 g/mol. The van der Waals surface area contributed by atoms with E-state index in [4.69, 9.17) is 0 Å².